The molecule has 3 aromatic rings. The van der Waals surface area contributed by atoms with E-state index in [1.807, 2.05) is 60.3 Å². The molecule has 6 nitrogen and oxygen atoms in total. The summed E-state index contributed by atoms with van der Waals surface area (Å²) in [7, 11) is 0. The summed E-state index contributed by atoms with van der Waals surface area (Å²) in [4.78, 5) is 15.9. The Morgan fingerprint density at radius 3 is 2.58 bits per heavy atom. The molecule has 0 aliphatic carbocycles. The van der Waals surface area contributed by atoms with Gasteiger partial charge < -0.3 is 10.6 Å². The number of benzene rings is 1. The van der Waals surface area contributed by atoms with Crippen LogP contribution >= 0.6 is 0 Å². The lowest BCUT2D eigenvalue weighted by Crippen LogP contribution is -2.31. The third-order valence-electron chi connectivity index (χ3n) is 3.55. The third kappa shape index (κ3) is 4.19. The highest BCUT2D eigenvalue weighted by atomic mass is 16.2. The predicted molar refractivity (Wildman–Crippen MR) is 93.7 cm³/mol. The van der Waals surface area contributed by atoms with Crippen molar-refractivity contribution >= 4 is 11.7 Å². The van der Waals surface area contributed by atoms with Crippen molar-refractivity contribution in [2.45, 2.75) is 13.5 Å². The number of carbonyl (C=O) groups excluding carboxylic acids is 1. The number of rotatable bonds is 5. The second-order valence-corrected chi connectivity index (χ2v) is 5.45. The molecule has 0 atom stereocenters. The Morgan fingerprint density at radius 1 is 1.08 bits per heavy atom. The van der Waals surface area contributed by atoms with E-state index in [0.29, 0.717) is 13.1 Å². The number of nitrogens with one attached hydrogen (secondary N) is 2. The molecule has 122 valence electrons. The van der Waals surface area contributed by atoms with Crippen LogP contribution in [0.2, 0.25) is 0 Å². The molecule has 1 aromatic carbocycles. The second kappa shape index (κ2) is 7.41. The van der Waals surface area contributed by atoms with Crippen molar-refractivity contribution in [3.05, 3.63) is 66.6 Å². The standard InChI is InChI=1S/C18H19N5O/c1-14-2-4-16(5-3-14)21-18(24)20-11-13-23-12-8-17(22-23)15-6-9-19-10-7-15/h2-10,12H,11,13H2,1H3,(H2,20,21,24). The zero-order valence-electron chi connectivity index (χ0n) is 13.4. The zero-order chi connectivity index (χ0) is 16.8. The maximum Gasteiger partial charge on any atom is 0.319 e. The van der Waals surface area contributed by atoms with Crippen LogP contribution in [0, 0.1) is 6.92 Å². The molecule has 0 bridgehead atoms. The zero-order valence-corrected chi connectivity index (χ0v) is 13.4. The summed E-state index contributed by atoms with van der Waals surface area (Å²) in [6, 6.07) is 13.2. The number of amides is 2. The number of carbonyl (C=O) groups is 1. The van der Waals surface area contributed by atoms with Gasteiger partial charge in [0.2, 0.25) is 0 Å². The molecule has 0 aliphatic heterocycles. The second-order valence-electron chi connectivity index (χ2n) is 5.45. The molecule has 2 aromatic heterocycles. The van der Waals surface area contributed by atoms with E-state index >= 15 is 0 Å². The Labute approximate surface area is 140 Å². The summed E-state index contributed by atoms with van der Waals surface area (Å²) in [6.07, 6.45) is 5.38. The summed E-state index contributed by atoms with van der Waals surface area (Å²) in [5, 5.41) is 10.1. The molecular formula is C18H19N5O. The molecule has 0 spiro atoms. The predicted octanol–water partition coefficient (Wildman–Crippen LogP) is 3.08. The minimum atomic E-state index is -0.222. The van der Waals surface area contributed by atoms with Gasteiger partial charge in [-0.2, -0.15) is 5.10 Å². The van der Waals surface area contributed by atoms with Gasteiger partial charge in [-0.05, 0) is 37.3 Å². The quantitative estimate of drug-likeness (QED) is 0.758. The maximum absolute atomic E-state index is 11.9. The number of hydrogen-bond acceptors (Lipinski definition) is 3. The van der Waals surface area contributed by atoms with Crippen molar-refractivity contribution in [1.82, 2.24) is 20.1 Å². The minimum absolute atomic E-state index is 0.222. The summed E-state index contributed by atoms with van der Waals surface area (Å²) in [5.41, 5.74) is 3.84. The van der Waals surface area contributed by atoms with Gasteiger partial charge in [0.1, 0.15) is 0 Å². The van der Waals surface area contributed by atoms with Crippen molar-refractivity contribution in [3.8, 4) is 11.3 Å². The van der Waals surface area contributed by atoms with Gasteiger partial charge in [-0.1, -0.05) is 17.7 Å². The van der Waals surface area contributed by atoms with Crippen molar-refractivity contribution in [1.29, 1.82) is 0 Å². The van der Waals surface area contributed by atoms with Crippen LogP contribution in [-0.4, -0.2) is 27.3 Å². The van der Waals surface area contributed by atoms with Gasteiger partial charge in [0.15, 0.2) is 0 Å². The first-order valence-corrected chi connectivity index (χ1v) is 7.76. The van der Waals surface area contributed by atoms with E-state index in [0.717, 1.165) is 22.5 Å². The first-order valence-electron chi connectivity index (χ1n) is 7.76. The van der Waals surface area contributed by atoms with Gasteiger partial charge in [-0.3, -0.25) is 9.67 Å². The maximum atomic E-state index is 11.9. The Kier molecular flexibility index (Phi) is 4.86. The number of urea groups is 1. The van der Waals surface area contributed by atoms with Crippen LogP contribution in [-0.2, 0) is 6.54 Å². The van der Waals surface area contributed by atoms with E-state index in [-0.39, 0.29) is 6.03 Å². The van der Waals surface area contributed by atoms with Crippen molar-refractivity contribution in [2.75, 3.05) is 11.9 Å². The molecule has 0 aliphatic rings. The van der Waals surface area contributed by atoms with Gasteiger partial charge >= 0.3 is 6.03 Å². The SMILES string of the molecule is Cc1ccc(NC(=O)NCCn2ccc(-c3ccncc3)n2)cc1. The van der Waals surface area contributed by atoms with Crippen LogP contribution in [0.5, 0.6) is 0 Å². The Hall–Kier alpha value is -3.15. The number of aromatic nitrogens is 3. The van der Waals surface area contributed by atoms with Gasteiger partial charge in [-0.25, -0.2) is 4.79 Å². The number of hydrogen-bond donors (Lipinski definition) is 2. The van der Waals surface area contributed by atoms with E-state index < -0.39 is 0 Å². The minimum Gasteiger partial charge on any atom is -0.336 e. The van der Waals surface area contributed by atoms with Gasteiger partial charge in [0.05, 0.1) is 12.2 Å². The van der Waals surface area contributed by atoms with E-state index in [2.05, 4.69) is 20.7 Å². The Morgan fingerprint density at radius 2 is 1.83 bits per heavy atom. The van der Waals surface area contributed by atoms with Gasteiger partial charge in [0, 0.05) is 36.4 Å². The molecule has 0 fully saturated rings. The summed E-state index contributed by atoms with van der Waals surface area (Å²) < 4.78 is 1.81. The molecule has 0 saturated heterocycles. The number of pyridine rings is 1. The normalized spacial score (nSPS) is 10.4. The number of anilines is 1. The first-order chi connectivity index (χ1) is 11.7. The lowest BCUT2D eigenvalue weighted by Gasteiger charge is -2.08. The van der Waals surface area contributed by atoms with Crippen LogP contribution in [0.4, 0.5) is 10.5 Å². The van der Waals surface area contributed by atoms with Crippen LogP contribution < -0.4 is 10.6 Å². The molecule has 0 saturated carbocycles. The van der Waals surface area contributed by atoms with Crippen molar-refractivity contribution in [3.63, 3.8) is 0 Å². The molecule has 24 heavy (non-hydrogen) atoms. The highest BCUT2D eigenvalue weighted by molar-refractivity contribution is 5.89. The van der Waals surface area contributed by atoms with E-state index in [9.17, 15) is 4.79 Å². The Bertz CT molecular complexity index is 796. The largest absolute Gasteiger partial charge is 0.336 e. The topological polar surface area (TPSA) is 71.8 Å². The van der Waals surface area contributed by atoms with Gasteiger partial charge in [0.25, 0.3) is 0 Å². The van der Waals surface area contributed by atoms with E-state index in [4.69, 9.17) is 0 Å². The van der Waals surface area contributed by atoms with Crippen molar-refractivity contribution < 1.29 is 4.79 Å². The summed E-state index contributed by atoms with van der Waals surface area (Å²) >= 11 is 0. The van der Waals surface area contributed by atoms with Crippen LogP contribution in [0.15, 0.2) is 61.1 Å². The monoisotopic (exact) mass is 321 g/mol. The molecule has 0 radical (unpaired) electrons. The molecule has 0 unspecified atom stereocenters. The lowest BCUT2D eigenvalue weighted by atomic mass is 10.2. The highest BCUT2D eigenvalue weighted by Gasteiger charge is 2.03. The van der Waals surface area contributed by atoms with Crippen LogP contribution in [0.3, 0.4) is 0 Å². The van der Waals surface area contributed by atoms with Crippen LogP contribution in [0.25, 0.3) is 11.3 Å². The average Bonchev–Trinajstić information content (AvgIpc) is 3.07. The smallest absolute Gasteiger partial charge is 0.319 e. The Balaban J connectivity index is 1.47. The molecular weight excluding hydrogens is 302 g/mol. The fourth-order valence-electron chi connectivity index (χ4n) is 2.26. The third-order valence-corrected chi connectivity index (χ3v) is 3.55. The molecule has 6 heteroatoms. The number of nitrogens with zero attached hydrogens (tertiary/aromatic N) is 3. The summed E-state index contributed by atoms with van der Waals surface area (Å²) in [6.45, 7) is 3.11. The first kappa shape index (κ1) is 15.7. The lowest BCUT2D eigenvalue weighted by molar-refractivity contribution is 0.251. The molecule has 2 amide bonds. The fourth-order valence-corrected chi connectivity index (χ4v) is 2.26. The molecule has 2 heterocycles. The van der Waals surface area contributed by atoms with Crippen molar-refractivity contribution in [2.24, 2.45) is 0 Å². The molecule has 3 rings (SSSR count). The fraction of sp³-hybridized carbons (Fsp3) is 0.167. The molecule has 2 N–H and O–H groups in total. The highest BCUT2D eigenvalue weighted by Crippen LogP contribution is 2.14. The van der Waals surface area contributed by atoms with Crippen LogP contribution in [0.1, 0.15) is 5.56 Å². The van der Waals surface area contributed by atoms with E-state index in [1.165, 1.54) is 0 Å². The average molecular weight is 321 g/mol. The van der Waals surface area contributed by atoms with E-state index in [1.54, 1.807) is 12.4 Å². The number of aryl methyl sites for hydroxylation is 1. The summed E-state index contributed by atoms with van der Waals surface area (Å²) in [5.74, 6) is 0. The van der Waals surface area contributed by atoms with Gasteiger partial charge in [-0.15, -0.1) is 0 Å².